The van der Waals surface area contributed by atoms with Gasteiger partial charge in [-0.25, -0.2) is 0 Å². The van der Waals surface area contributed by atoms with Crippen LogP contribution in [0, 0.1) is 5.41 Å². The molecule has 0 saturated carbocycles. The van der Waals surface area contributed by atoms with Gasteiger partial charge in [0.05, 0.1) is 19.8 Å². The molecule has 4 heteroatoms. The fraction of sp³-hybridized carbons (Fsp3) is 0.600. The van der Waals surface area contributed by atoms with Crippen molar-refractivity contribution in [1.29, 1.82) is 0 Å². The lowest BCUT2D eigenvalue weighted by molar-refractivity contribution is -0.0924. The number of aliphatic hydroxyl groups is 1. The van der Waals surface area contributed by atoms with Gasteiger partial charge in [0.1, 0.15) is 0 Å². The third-order valence-corrected chi connectivity index (χ3v) is 3.60. The summed E-state index contributed by atoms with van der Waals surface area (Å²) in [6.45, 7) is 8.74. The molecule has 0 unspecified atom stereocenters. The van der Waals surface area contributed by atoms with Crippen molar-refractivity contribution >= 4 is 11.4 Å². The fourth-order valence-corrected chi connectivity index (χ4v) is 2.25. The largest absolute Gasteiger partial charge is 0.395 e. The molecule has 0 radical (unpaired) electrons. The highest BCUT2D eigenvalue weighted by atomic mass is 16.5. The average molecular weight is 264 g/mol. The van der Waals surface area contributed by atoms with Gasteiger partial charge in [0.2, 0.25) is 0 Å². The highest BCUT2D eigenvalue weighted by Crippen LogP contribution is 2.27. The molecule has 0 atom stereocenters. The summed E-state index contributed by atoms with van der Waals surface area (Å²) in [6, 6.07) is 8.39. The Kier molecular flexibility index (Phi) is 4.66. The van der Waals surface area contributed by atoms with Gasteiger partial charge in [0, 0.05) is 36.4 Å². The first kappa shape index (κ1) is 14.2. The molecule has 4 nitrogen and oxygen atoms in total. The monoisotopic (exact) mass is 264 g/mol. The Labute approximate surface area is 115 Å². The van der Waals surface area contributed by atoms with E-state index in [2.05, 4.69) is 48.3 Å². The predicted molar refractivity (Wildman–Crippen MR) is 78.8 cm³/mol. The van der Waals surface area contributed by atoms with Gasteiger partial charge in [-0.1, -0.05) is 6.92 Å². The van der Waals surface area contributed by atoms with Crippen molar-refractivity contribution < 1.29 is 9.84 Å². The summed E-state index contributed by atoms with van der Waals surface area (Å²) in [5, 5.41) is 12.5. The molecular formula is C15H24N2O2. The van der Waals surface area contributed by atoms with Crippen molar-refractivity contribution in [2.24, 2.45) is 5.41 Å². The molecule has 2 N–H and O–H groups in total. The second-order valence-corrected chi connectivity index (χ2v) is 5.51. The minimum atomic E-state index is 0.187. The van der Waals surface area contributed by atoms with E-state index in [1.165, 1.54) is 0 Å². The normalized spacial score (nSPS) is 16.8. The predicted octanol–water partition coefficient (Wildman–Crippen LogP) is 1.95. The van der Waals surface area contributed by atoms with Crippen LogP contribution >= 0.6 is 0 Å². The molecule has 0 aromatic heterocycles. The van der Waals surface area contributed by atoms with E-state index in [9.17, 15) is 0 Å². The Bertz CT molecular complexity index is 388. The van der Waals surface area contributed by atoms with Crippen LogP contribution in [0.5, 0.6) is 0 Å². The van der Waals surface area contributed by atoms with Gasteiger partial charge in [-0.3, -0.25) is 0 Å². The molecule has 1 aliphatic rings. The number of benzene rings is 1. The lowest BCUT2D eigenvalue weighted by atomic mass is 9.89. The first-order valence-electron chi connectivity index (χ1n) is 6.94. The number of likely N-dealkylation sites (N-methyl/N-ethyl adjacent to an activating group) is 1. The SMILES string of the molecule is CCN(CCO)c1ccc(NCC2(C)COC2)cc1. The van der Waals surface area contributed by atoms with E-state index in [4.69, 9.17) is 9.84 Å². The van der Waals surface area contributed by atoms with E-state index in [0.717, 1.165) is 37.7 Å². The quantitative estimate of drug-likeness (QED) is 0.790. The number of nitrogens with one attached hydrogen (secondary N) is 1. The minimum Gasteiger partial charge on any atom is -0.395 e. The van der Waals surface area contributed by atoms with Crippen LogP contribution in [0.4, 0.5) is 11.4 Å². The third kappa shape index (κ3) is 3.61. The lowest BCUT2D eigenvalue weighted by Crippen LogP contribution is -2.45. The summed E-state index contributed by atoms with van der Waals surface area (Å²) in [5.74, 6) is 0. The van der Waals surface area contributed by atoms with Gasteiger partial charge < -0.3 is 20.1 Å². The Balaban J connectivity index is 1.90. The van der Waals surface area contributed by atoms with Crippen LogP contribution in [-0.2, 0) is 4.74 Å². The molecule has 0 spiro atoms. The second kappa shape index (κ2) is 6.26. The van der Waals surface area contributed by atoms with Crippen LogP contribution in [0.1, 0.15) is 13.8 Å². The highest BCUT2D eigenvalue weighted by Gasteiger charge is 2.32. The molecule has 0 bridgehead atoms. The summed E-state index contributed by atoms with van der Waals surface area (Å²) < 4.78 is 5.25. The van der Waals surface area contributed by atoms with Crippen molar-refractivity contribution in [3.05, 3.63) is 24.3 Å². The smallest absolute Gasteiger partial charge is 0.0606 e. The van der Waals surface area contributed by atoms with Gasteiger partial charge in [0.15, 0.2) is 0 Å². The van der Waals surface area contributed by atoms with Crippen molar-refractivity contribution in [1.82, 2.24) is 0 Å². The van der Waals surface area contributed by atoms with Gasteiger partial charge in [-0.15, -0.1) is 0 Å². The summed E-state index contributed by atoms with van der Waals surface area (Å²) in [5.41, 5.74) is 2.57. The maximum Gasteiger partial charge on any atom is 0.0606 e. The molecule has 106 valence electrons. The molecule has 1 aliphatic heterocycles. The average Bonchev–Trinajstić information content (AvgIpc) is 2.41. The van der Waals surface area contributed by atoms with E-state index in [1.54, 1.807) is 0 Å². The number of aliphatic hydroxyl groups excluding tert-OH is 1. The standard InChI is InChI=1S/C15H24N2O2/c1-3-17(8-9-18)14-6-4-13(5-7-14)16-10-15(2)11-19-12-15/h4-7,16,18H,3,8-12H2,1-2H3. The van der Waals surface area contributed by atoms with Crippen molar-refractivity contribution in [2.45, 2.75) is 13.8 Å². The van der Waals surface area contributed by atoms with Crippen LogP contribution in [0.3, 0.4) is 0 Å². The van der Waals surface area contributed by atoms with E-state index in [0.29, 0.717) is 6.54 Å². The summed E-state index contributed by atoms with van der Waals surface area (Å²) >= 11 is 0. The molecule has 19 heavy (non-hydrogen) atoms. The zero-order valence-electron chi connectivity index (χ0n) is 11.9. The summed E-state index contributed by atoms with van der Waals surface area (Å²) in [6.07, 6.45) is 0. The van der Waals surface area contributed by atoms with Crippen molar-refractivity contribution in [3.63, 3.8) is 0 Å². The Morgan fingerprint density at radius 2 is 2.00 bits per heavy atom. The number of hydrogen-bond donors (Lipinski definition) is 2. The Morgan fingerprint density at radius 1 is 1.32 bits per heavy atom. The van der Waals surface area contributed by atoms with Crippen LogP contribution < -0.4 is 10.2 Å². The van der Waals surface area contributed by atoms with Crippen molar-refractivity contribution in [2.75, 3.05) is 49.7 Å². The summed E-state index contributed by atoms with van der Waals surface area (Å²) in [7, 11) is 0. The van der Waals surface area contributed by atoms with E-state index in [1.807, 2.05) is 0 Å². The second-order valence-electron chi connectivity index (χ2n) is 5.51. The summed E-state index contributed by atoms with van der Waals surface area (Å²) in [4.78, 5) is 2.16. The topological polar surface area (TPSA) is 44.7 Å². The number of hydrogen-bond acceptors (Lipinski definition) is 4. The lowest BCUT2D eigenvalue weighted by Gasteiger charge is -2.38. The molecule has 1 saturated heterocycles. The number of rotatable bonds is 7. The van der Waals surface area contributed by atoms with Gasteiger partial charge in [0.25, 0.3) is 0 Å². The fourth-order valence-electron chi connectivity index (χ4n) is 2.25. The zero-order valence-corrected chi connectivity index (χ0v) is 11.9. The number of ether oxygens (including phenoxy) is 1. The molecule has 2 rings (SSSR count). The molecular weight excluding hydrogens is 240 g/mol. The van der Waals surface area contributed by atoms with Crippen LogP contribution in [0.15, 0.2) is 24.3 Å². The number of anilines is 2. The van der Waals surface area contributed by atoms with Crippen LogP contribution in [0.2, 0.25) is 0 Å². The maximum atomic E-state index is 9.03. The van der Waals surface area contributed by atoms with Crippen molar-refractivity contribution in [3.8, 4) is 0 Å². The third-order valence-electron chi connectivity index (χ3n) is 3.60. The maximum absolute atomic E-state index is 9.03. The van der Waals surface area contributed by atoms with E-state index >= 15 is 0 Å². The molecule has 1 heterocycles. The first-order chi connectivity index (χ1) is 9.17. The molecule has 0 amide bonds. The van der Waals surface area contributed by atoms with Gasteiger partial charge in [-0.2, -0.15) is 0 Å². The van der Waals surface area contributed by atoms with Crippen LogP contribution in [0.25, 0.3) is 0 Å². The molecule has 1 aromatic rings. The van der Waals surface area contributed by atoms with E-state index in [-0.39, 0.29) is 12.0 Å². The van der Waals surface area contributed by atoms with Gasteiger partial charge >= 0.3 is 0 Å². The molecule has 0 aliphatic carbocycles. The van der Waals surface area contributed by atoms with Gasteiger partial charge in [-0.05, 0) is 31.2 Å². The first-order valence-corrected chi connectivity index (χ1v) is 6.94. The highest BCUT2D eigenvalue weighted by molar-refractivity contribution is 5.55. The minimum absolute atomic E-state index is 0.187. The molecule has 1 fully saturated rings. The van der Waals surface area contributed by atoms with E-state index < -0.39 is 0 Å². The number of nitrogens with zero attached hydrogens (tertiary/aromatic N) is 1. The van der Waals surface area contributed by atoms with Crippen LogP contribution in [-0.4, -0.2) is 44.6 Å². The Morgan fingerprint density at radius 3 is 2.47 bits per heavy atom. The Hall–Kier alpha value is -1.26. The molecule has 1 aromatic carbocycles. The zero-order chi connectivity index (χ0) is 13.7.